The van der Waals surface area contributed by atoms with E-state index < -0.39 is 0 Å². The zero-order valence-electron chi connectivity index (χ0n) is 22.7. The van der Waals surface area contributed by atoms with Crippen molar-refractivity contribution in [1.29, 1.82) is 0 Å². The van der Waals surface area contributed by atoms with Crippen LogP contribution in [0.3, 0.4) is 0 Å². The Hall–Kier alpha value is -3.78. The fraction of sp³-hybridized carbons (Fsp3) is 0.312. The Kier molecular flexibility index (Phi) is 8.21. The first-order valence-electron chi connectivity index (χ1n) is 13.6. The van der Waals surface area contributed by atoms with Gasteiger partial charge in [0.05, 0.1) is 11.8 Å². The second-order valence-corrected chi connectivity index (χ2v) is 10.4. The van der Waals surface area contributed by atoms with Gasteiger partial charge in [-0.05, 0) is 73.3 Å². The number of carbonyl (C=O) groups is 1. The number of aliphatic hydroxyl groups excluding tert-OH is 1. The monoisotopic (exact) mass is 523 g/mol. The zero-order chi connectivity index (χ0) is 27.4. The number of likely N-dealkylation sites (tertiary alicyclic amines) is 1. The first kappa shape index (κ1) is 26.8. The lowest BCUT2D eigenvalue weighted by Crippen LogP contribution is -2.43. The molecule has 202 valence electrons. The summed E-state index contributed by atoms with van der Waals surface area (Å²) in [4.78, 5) is 22.6. The van der Waals surface area contributed by atoms with E-state index >= 15 is 0 Å². The molecule has 2 aliphatic rings. The molecule has 0 spiro atoms. The van der Waals surface area contributed by atoms with E-state index in [-0.39, 0.29) is 12.0 Å². The molecule has 1 atom stereocenters. The molecule has 2 aliphatic heterocycles. The summed E-state index contributed by atoms with van der Waals surface area (Å²) in [6.07, 6.45) is 1.24. The molecule has 3 aromatic carbocycles. The number of aliphatic imine (C=N–C) groups is 1. The van der Waals surface area contributed by atoms with Gasteiger partial charge in [-0.2, -0.15) is 0 Å². The summed E-state index contributed by atoms with van der Waals surface area (Å²) in [7, 11) is 1.91. The lowest BCUT2D eigenvalue weighted by molar-refractivity contribution is -0.112. The maximum Gasteiger partial charge on any atom is 0.277 e. The molecule has 2 heterocycles. The third-order valence-electron chi connectivity index (χ3n) is 7.48. The molecule has 7 heteroatoms. The number of hydrogen-bond donors (Lipinski definition) is 3. The summed E-state index contributed by atoms with van der Waals surface area (Å²) in [5.41, 5.74) is 14.2. The topological polar surface area (TPSA) is 94.2 Å². The summed E-state index contributed by atoms with van der Waals surface area (Å²) < 4.78 is 0. The van der Waals surface area contributed by atoms with Crippen molar-refractivity contribution in [2.24, 2.45) is 10.7 Å². The number of nitrogens with zero attached hydrogens (tertiary/aromatic N) is 3. The van der Waals surface area contributed by atoms with E-state index in [0.29, 0.717) is 30.9 Å². The maximum absolute atomic E-state index is 13.8. The van der Waals surface area contributed by atoms with Crippen LogP contribution in [0.5, 0.6) is 0 Å². The molecule has 3 aromatic rings. The molecule has 0 aliphatic carbocycles. The molecular weight excluding hydrogens is 486 g/mol. The molecule has 0 aromatic heterocycles. The summed E-state index contributed by atoms with van der Waals surface area (Å²) in [6, 6.07) is 24.5. The van der Waals surface area contributed by atoms with Gasteiger partial charge in [-0.15, -0.1) is 0 Å². The van der Waals surface area contributed by atoms with Gasteiger partial charge in [-0.25, -0.2) is 4.99 Å². The van der Waals surface area contributed by atoms with Crippen LogP contribution in [0, 0.1) is 0 Å². The highest BCUT2D eigenvalue weighted by atomic mass is 16.3. The molecular formula is C32H37N5O2. The average Bonchev–Trinajstić information content (AvgIpc) is 3.35. The minimum Gasteiger partial charge on any atom is -0.402 e. The van der Waals surface area contributed by atoms with Crippen molar-refractivity contribution in [2.45, 2.75) is 39.0 Å². The molecule has 0 bridgehead atoms. The van der Waals surface area contributed by atoms with Gasteiger partial charge in [-0.3, -0.25) is 9.69 Å². The van der Waals surface area contributed by atoms with E-state index in [0.717, 1.165) is 54.1 Å². The molecule has 5 rings (SSSR count). The van der Waals surface area contributed by atoms with Gasteiger partial charge in [0.2, 0.25) is 0 Å². The highest BCUT2D eigenvalue weighted by Crippen LogP contribution is 2.30. The number of allylic oxidation sites excluding steroid dienone is 1. The van der Waals surface area contributed by atoms with Gasteiger partial charge in [0.25, 0.3) is 5.91 Å². The van der Waals surface area contributed by atoms with Crippen LogP contribution < -0.4 is 16.0 Å². The number of piperidine rings is 1. The molecule has 0 radical (unpaired) electrons. The second-order valence-electron chi connectivity index (χ2n) is 10.4. The lowest BCUT2D eigenvalue weighted by atomic mass is 9.96. The number of rotatable bonds is 7. The van der Waals surface area contributed by atoms with Gasteiger partial charge >= 0.3 is 0 Å². The van der Waals surface area contributed by atoms with Crippen molar-refractivity contribution in [3.05, 3.63) is 95.2 Å². The van der Waals surface area contributed by atoms with Crippen LogP contribution in [-0.4, -0.2) is 54.4 Å². The Labute approximate surface area is 230 Å². The zero-order valence-corrected chi connectivity index (χ0v) is 22.7. The maximum atomic E-state index is 13.8. The Bertz CT molecular complexity index is 1390. The van der Waals surface area contributed by atoms with Crippen molar-refractivity contribution >= 4 is 23.0 Å². The number of aliphatic hydroxyl groups is 1. The van der Waals surface area contributed by atoms with E-state index in [2.05, 4.69) is 46.6 Å². The van der Waals surface area contributed by atoms with Crippen molar-refractivity contribution in [1.82, 2.24) is 10.2 Å². The van der Waals surface area contributed by atoms with Gasteiger partial charge in [0, 0.05) is 49.7 Å². The van der Waals surface area contributed by atoms with E-state index in [1.807, 2.05) is 50.4 Å². The van der Waals surface area contributed by atoms with E-state index in [4.69, 9.17) is 10.7 Å². The van der Waals surface area contributed by atoms with Crippen molar-refractivity contribution in [3.8, 4) is 11.1 Å². The number of amides is 1. The lowest BCUT2D eigenvalue weighted by Gasteiger charge is -2.30. The predicted molar refractivity (Wildman–Crippen MR) is 158 cm³/mol. The molecule has 2 fully saturated rings. The Balaban J connectivity index is 1.40. The smallest absolute Gasteiger partial charge is 0.277 e. The van der Waals surface area contributed by atoms with Crippen LogP contribution in [0.4, 0.5) is 11.4 Å². The van der Waals surface area contributed by atoms with Gasteiger partial charge in [-0.1, -0.05) is 48.5 Å². The van der Waals surface area contributed by atoms with E-state index in [1.165, 1.54) is 11.1 Å². The fourth-order valence-electron chi connectivity index (χ4n) is 5.47. The average molecular weight is 524 g/mol. The SMILES string of the molecule is CNCc1cccc(N=C2C(=O)N(c3ccc(-c4ccccc4CN4CC[C@H](O)C4)cc3)CCC2=C(C)N)c1. The Morgan fingerprint density at radius 1 is 1.08 bits per heavy atom. The second kappa shape index (κ2) is 11.9. The first-order valence-corrected chi connectivity index (χ1v) is 13.6. The van der Waals surface area contributed by atoms with Crippen LogP contribution in [0.25, 0.3) is 11.1 Å². The summed E-state index contributed by atoms with van der Waals surface area (Å²) >= 11 is 0. The number of β-amino-alcohol motifs (C(OH)–C–C–N with tert-alkyl or cyclic N) is 1. The van der Waals surface area contributed by atoms with Gasteiger partial charge in [0.1, 0.15) is 5.71 Å². The largest absolute Gasteiger partial charge is 0.402 e. The highest BCUT2D eigenvalue weighted by molar-refractivity contribution is 6.50. The number of hydrogen-bond acceptors (Lipinski definition) is 6. The third-order valence-corrected chi connectivity index (χ3v) is 7.48. The number of anilines is 1. The number of nitrogens with one attached hydrogen (secondary N) is 1. The number of nitrogens with two attached hydrogens (primary N) is 1. The Morgan fingerprint density at radius 2 is 1.87 bits per heavy atom. The van der Waals surface area contributed by atoms with E-state index in [1.54, 1.807) is 4.90 Å². The van der Waals surface area contributed by atoms with Crippen LogP contribution in [0.1, 0.15) is 30.9 Å². The molecule has 2 saturated heterocycles. The quantitative estimate of drug-likeness (QED) is 0.427. The minimum absolute atomic E-state index is 0.138. The highest BCUT2D eigenvalue weighted by Gasteiger charge is 2.31. The predicted octanol–water partition coefficient (Wildman–Crippen LogP) is 4.38. The Morgan fingerprint density at radius 3 is 2.59 bits per heavy atom. The van der Waals surface area contributed by atoms with Gasteiger partial charge in [0.15, 0.2) is 0 Å². The molecule has 0 unspecified atom stereocenters. The summed E-state index contributed by atoms with van der Waals surface area (Å²) in [5.74, 6) is -0.138. The van der Waals surface area contributed by atoms with Crippen LogP contribution in [0.15, 0.2) is 89.1 Å². The molecule has 0 saturated carbocycles. The van der Waals surface area contributed by atoms with Crippen molar-refractivity contribution < 1.29 is 9.90 Å². The van der Waals surface area contributed by atoms with Crippen LogP contribution in [0.2, 0.25) is 0 Å². The third kappa shape index (κ3) is 6.11. The number of carbonyl (C=O) groups excluding carboxylic acids is 1. The van der Waals surface area contributed by atoms with Crippen LogP contribution >= 0.6 is 0 Å². The number of benzene rings is 3. The normalized spacial score (nSPS) is 20.6. The molecule has 4 N–H and O–H groups in total. The van der Waals surface area contributed by atoms with Crippen LogP contribution in [-0.2, 0) is 17.9 Å². The standard InChI is InChI=1S/C32H37N5O2/c1-22(33)29-15-17-37(32(39)31(29)35-26-8-5-6-23(18-26)19-34-2)27-12-10-24(11-13-27)30-9-4-3-7-25(30)20-36-16-14-28(38)21-36/h3-13,18,28,34,38H,14-17,19-21,33H2,1-2H3/t28-/m0/s1. The van der Waals surface area contributed by atoms with E-state index in [9.17, 15) is 9.90 Å². The minimum atomic E-state index is -0.234. The molecule has 39 heavy (non-hydrogen) atoms. The fourth-order valence-corrected chi connectivity index (χ4v) is 5.47. The molecule has 1 amide bonds. The van der Waals surface area contributed by atoms with Gasteiger partial charge < -0.3 is 21.1 Å². The summed E-state index contributed by atoms with van der Waals surface area (Å²) in [5, 5.41) is 13.1. The van der Waals surface area contributed by atoms with Crippen molar-refractivity contribution in [3.63, 3.8) is 0 Å². The first-order chi connectivity index (χ1) is 18.9. The van der Waals surface area contributed by atoms with Crippen molar-refractivity contribution in [2.75, 3.05) is 31.6 Å². The summed E-state index contributed by atoms with van der Waals surface area (Å²) in [6.45, 7) is 5.55. The molecule has 7 nitrogen and oxygen atoms in total.